The Bertz CT molecular complexity index is 712. The van der Waals surface area contributed by atoms with Gasteiger partial charge in [-0.1, -0.05) is 57.1 Å². The van der Waals surface area contributed by atoms with Crippen LogP contribution in [0.3, 0.4) is 0 Å². The molecule has 1 aromatic rings. The number of benzene rings is 1. The lowest BCUT2D eigenvalue weighted by Crippen LogP contribution is -2.31. The second-order valence-corrected chi connectivity index (χ2v) is 7.13. The van der Waals surface area contributed by atoms with Crippen LogP contribution in [0, 0.1) is 5.82 Å². The Balaban J connectivity index is 2.12. The van der Waals surface area contributed by atoms with Crippen molar-refractivity contribution < 1.29 is 19.2 Å². The molecule has 0 amide bonds. The molecular formula is C22H30BFO3. The van der Waals surface area contributed by atoms with E-state index in [9.17, 15) is 14.5 Å². The van der Waals surface area contributed by atoms with Crippen molar-refractivity contribution in [3.05, 3.63) is 59.0 Å². The molecule has 3 nitrogen and oxygen atoms in total. The van der Waals surface area contributed by atoms with Gasteiger partial charge in [0.25, 0.3) is 0 Å². The van der Waals surface area contributed by atoms with Crippen LogP contribution in [0.2, 0.25) is 6.32 Å². The molecule has 0 saturated carbocycles. The van der Waals surface area contributed by atoms with Gasteiger partial charge in [-0.15, -0.1) is 0 Å². The van der Waals surface area contributed by atoms with Gasteiger partial charge in [-0.2, -0.15) is 0 Å². The minimum Gasteiger partial charge on any atom is -0.505 e. The Morgan fingerprint density at radius 2 is 2.04 bits per heavy atom. The van der Waals surface area contributed by atoms with Crippen molar-refractivity contribution in [2.24, 2.45) is 0 Å². The number of aromatic hydroxyl groups is 1. The lowest BCUT2D eigenvalue weighted by atomic mass is 9.77. The first-order valence-corrected chi connectivity index (χ1v) is 9.84. The first kappa shape index (κ1) is 21.5. The summed E-state index contributed by atoms with van der Waals surface area (Å²) in [5.74, 6) is -0.947. The van der Waals surface area contributed by atoms with E-state index >= 15 is 0 Å². The van der Waals surface area contributed by atoms with Gasteiger partial charge >= 0.3 is 7.12 Å². The van der Waals surface area contributed by atoms with Gasteiger partial charge in [0, 0.05) is 6.32 Å². The highest BCUT2D eigenvalue weighted by molar-refractivity contribution is 6.43. The van der Waals surface area contributed by atoms with Gasteiger partial charge in [-0.25, -0.2) is 4.39 Å². The summed E-state index contributed by atoms with van der Waals surface area (Å²) in [4.78, 5) is 0. The molecule has 0 fully saturated rings. The highest BCUT2D eigenvalue weighted by Crippen LogP contribution is 2.30. The summed E-state index contributed by atoms with van der Waals surface area (Å²) in [7, 11) is -0.766. The minimum absolute atomic E-state index is 0.162. The quantitative estimate of drug-likeness (QED) is 0.550. The monoisotopic (exact) mass is 372 g/mol. The number of halogens is 1. The molecule has 0 aromatic heterocycles. The molecule has 1 heterocycles. The Labute approximate surface area is 162 Å². The summed E-state index contributed by atoms with van der Waals surface area (Å²) >= 11 is 0. The molecule has 1 unspecified atom stereocenters. The smallest absolute Gasteiger partial charge is 0.458 e. The van der Waals surface area contributed by atoms with Crippen molar-refractivity contribution in [3.8, 4) is 5.75 Å². The van der Waals surface area contributed by atoms with Crippen molar-refractivity contribution in [1.82, 2.24) is 0 Å². The van der Waals surface area contributed by atoms with E-state index in [1.807, 2.05) is 6.08 Å². The molecule has 0 aliphatic carbocycles. The molecule has 0 spiro atoms. The number of phenolic OH excluding ortho intramolecular Hbond substituents is 1. The van der Waals surface area contributed by atoms with Crippen molar-refractivity contribution in [2.45, 2.75) is 64.8 Å². The molecular weight excluding hydrogens is 342 g/mol. The molecule has 146 valence electrons. The summed E-state index contributed by atoms with van der Waals surface area (Å²) < 4.78 is 19.4. The number of rotatable bonds is 9. The number of allylic oxidation sites excluding steroid dienone is 2. The molecule has 5 heteroatoms. The molecule has 0 bridgehead atoms. The number of hydrogen-bond donors (Lipinski definition) is 2. The predicted molar refractivity (Wildman–Crippen MR) is 110 cm³/mol. The number of hydrogen-bond acceptors (Lipinski definition) is 3. The van der Waals surface area contributed by atoms with Crippen LogP contribution in [-0.2, 0) is 4.65 Å². The maximum Gasteiger partial charge on any atom is 0.458 e. The average molecular weight is 372 g/mol. The largest absolute Gasteiger partial charge is 0.505 e. The molecule has 2 rings (SSSR count). The van der Waals surface area contributed by atoms with Crippen LogP contribution >= 0.6 is 0 Å². The van der Waals surface area contributed by atoms with Gasteiger partial charge in [0.15, 0.2) is 11.6 Å². The summed E-state index contributed by atoms with van der Waals surface area (Å²) in [6, 6.07) is 4.44. The second kappa shape index (κ2) is 10.5. The molecule has 2 N–H and O–H groups in total. The van der Waals surface area contributed by atoms with E-state index in [1.54, 1.807) is 6.07 Å². The first-order chi connectivity index (χ1) is 12.9. The van der Waals surface area contributed by atoms with E-state index in [2.05, 4.69) is 26.5 Å². The fourth-order valence-electron chi connectivity index (χ4n) is 3.47. The SMILES string of the molecule is C=C(CCC)C1=CCB(O)OC1CC/C(=C/c1ccc(O)c(F)c1)CCC. The van der Waals surface area contributed by atoms with Crippen LogP contribution in [-0.4, -0.2) is 23.4 Å². The topological polar surface area (TPSA) is 49.7 Å². The van der Waals surface area contributed by atoms with Gasteiger partial charge in [0.05, 0.1) is 6.10 Å². The van der Waals surface area contributed by atoms with Crippen molar-refractivity contribution in [3.63, 3.8) is 0 Å². The molecule has 1 aliphatic rings. The van der Waals surface area contributed by atoms with E-state index in [0.29, 0.717) is 6.32 Å². The van der Waals surface area contributed by atoms with Gasteiger partial charge in [0.2, 0.25) is 0 Å². The van der Waals surface area contributed by atoms with Crippen LogP contribution in [0.15, 0.2) is 47.6 Å². The fraction of sp³-hybridized carbons (Fsp3) is 0.455. The highest BCUT2D eigenvalue weighted by Gasteiger charge is 2.27. The zero-order chi connectivity index (χ0) is 19.8. The third kappa shape index (κ3) is 6.37. The Hall–Kier alpha value is -1.85. The molecule has 1 aromatic carbocycles. The standard InChI is InChI=1S/C22H30BFO3/c1-4-6-16(3)19-12-13-23(26)27-22(19)11-9-17(7-5-2)14-18-8-10-21(25)20(24)15-18/h8,10,12,14-15,22,25-26H,3-7,9,11,13H2,1-2H3/b17-14+. The molecule has 0 radical (unpaired) electrons. The summed E-state index contributed by atoms with van der Waals surface area (Å²) in [5, 5.41) is 19.2. The van der Waals surface area contributed by atoms with E-state index in [4.69, 9.17) is 4.65 Å². The molecule has 1 aliphatic heterocycles. The zero-order valence-electron chi connectivity index (χ0n) is 16.4. The predicted octanol–water partition coefficient (Wildman–Crippen LogP) is 5.66. The van der Waals surface area contributed by atoms with Crippen molar-refractivity contribution in [1.29, 1.82) is 0 Å². The van der Waals surface area contributed by atoms with E-state index in [-0.39, 0.29) is 11.9 Å². The third-order valence-corrected chi connectivity index (χ3v) is 4.81. The van der Waals surface area contributed by atoms with Crippen molar-refractivity contribution in [2.75, 3.05) is 0 Å². The van der Waals surface area contributed by atoms with Crippen LogP contribution in [0.4, 0.5) is 4.39 Å². The lowest BCUT2D eigenvalue weighted by Gasteiger charge is -2.28. The van der Waals surface area contributed by atoms with Gasteiger partial charge in [0.1, 0.15) is 0 Å². The highest BCUT2D eigenvalue weighted by atomic mass is 19.1. The van der Waals surface area contributed by atoms with Crippen LogP contribution < -0.4 is 0 Å². The Morgan fingerprint density at radius 1 is 1.30 bits per heavy atom. The minimum atomic E-state index is -0.766. The average Bonchev–Trinajstić information content (AvgIpc) is 2.63. The lowest BCUT2D eigenvalue weighted by molar-refractivity contribution is 0.182. The van der Waals surface area contributed by atoms with Gasteiger partial charge in [-0.3, -0.25) is 0 Å². The fourth-order valence-corrected chi connectivity index (χ4v) is 3.47. The third-order valence-electron chi connectivity index (χ3n) is 4.81. The summed E-state index contributed by atoms with van der Waals surface area (Å²) in [6.45, 7) is 8.42. The Kier molecular flexibility index (Phi) is 8.33. The maximum atomic E-state index is 13.6. The second-order valence-electron chi connectivity index (χ2n) is 7.13. The summed E-state index contributed by atoms with van der Waals surface area (Å²) in [5.41, 5.74) is 4.13. The Morgan fingerprint density at radius 3 is 2.70 bits per heavy atom. The molecule has 0 saturated heterocycles. The van der Waals surface area contributed by atoms with Crippen LogP contribution in [0.1, 0.15) is 57.9 Å². The zero-order valence-corrected chi connectivity index (χ0v) is 16.4. The van der Waals surface area contributed by atoms with E-state index < -0.39 is 12.9 Å². The maximum absolute atomic E-state index is 13.6. The van der Waals surface area contributed by atoms with Crippen LogP contribution in [0.5, 0.6) is 5.75 Å². The first-order valence-electron chi connectivity index (χ1n) is 9.84. The van der Waals surface area contributed by atoms with Gasteiger partial charge in [-0.05, 0) is 54.5 Å². The normalized spacial score (nSPS) is 17.8. The van der Waals surface area contributed by atoms with Crippen molar-refractivity contribution >= 4 is 13.2 Å². The van der Waals surface area contributed by atoms with E-state index in [0.717, 1.165) is 55.2 Å². The molecule has 1 atom stereocenters. The molecule has 27 heavy (non-hydrogen) atoms. The number of phenols is 1. The van der Waals surface area contributed by atoms with E-state index in [1.165, 1.54) is 17.7 Å². The van der Waals surface area contributed by atoms with Gasteiger partial charge < -0.3 is 14.8 Å². The summed E-state index contributed by atoms with van der Waals surface area (Å²) in [6.07, 6.45) is 9.76. The van der Waals surface area contributed by atoms with Crippen LogP contribution in [0.25, 0.3) is 6.08 Å².